The van der Waals surface area contributed by atoms with Crippen molar-refractivity contribution in [2.24, 2.45) is 0 Å². The van der Waals surface area contributed by atoms with Crippen LogP contribution in [-0.4, -0.2) is 57.1 Å². The van der Waals surface area contributed by atoms with Crippen molar-refractivity contribution in [2.45, 2.75) is 38.5 Å². The van der Waals surface area contributed by atoms with Gasteiger partial charge in [-0.15, -0.1) is 11.3 Å². The van der Waals surface area contributed by atoms with Crippen LogP contribution in [0.5, 0.6) is 0 Å². The third kappa shape index (κ3) is 4.44. The van der Waals surface area contributed by atoms with E-state index in [-0.39, 0.29) is 31.3 Å². The molecule has 5 rings (SSSR count). The molecule has 176 valence electrons. The molecule has 3 aromatic heterocycles. The first kappa shape index (κ1) is 21.9. The van der Waals surface area contributed by atoms with Crippen LogP contribution < -0.4 is 16.0 Å². The van der Waals surface area contributed by atoms with E-state index >= 15 is 0 Å². The molecule has 0 aliphatic carbocycles. The van der Waals surface area contributed by atoms with E-state index in [0.717, 1.165) is 16.3 Å². The molecule has 0 aromatic carbocycles. The number of hydrogen-bond donors (Lipinski definition) is 3. The van der Waals surface area contributed by atoms with Gasteiger partial charge in [-0.3, -0.25) is 24.4 Å². The minimum Gasteiger partial charge on any atom is -0.461 e. The highest BCUT2D eigenvalue weighted by Crippen LogP contribution is 2.29. The smallest absolute Gasteiger partial charge is 0.322 e. The van der Waals surface area contributed by atoms with E-state index in [4.69, 9.17) is 4.42 Å². The van der Waals surface area contributed by atoms with Gasteiger partial charge in [0.15, 0.2) is 0 Å². The van der Waals surface area contributed by atoms with Gasteiger partial charge in [0.2, 0.25) is 11.8 Å². The number of aromatic nitrogens is 2. The summed E-state index contributed by atoms with van der Waals surface area (Å²) < 4.78 is 7.38. The molecule has 1 unspecified atom stereocenters. The van der Waals surface area contributed by atoms with E-state index < -0.39 is 24.0 Å². The highest BCUT2D eigenvalue weighted by Gasteiger charge is 2.35. The fraction of sp³-hybridized carbons (Fsp3) is 0.318. The Labute approximate surface area is 198 Å². The Morgan fingerprint density at radius 3 is 2.79 bits per heavy atom. The molecule has 0 saturated carbocycles. The number of nitrogens with one attached hydrogen (secondary N) is 3. The highest BCUT2D eigenvalue weighted by molar-refractivity contribution is 7.17. The number of fused-ring (bicyclic) bond motifs is 1. The van der Waals surface area contributed by atoms with Gasteiger partial charge in [-0.1, -0.05) is 0 Å². The zero-order valence-corrected chi connectivity index (χ0v) is 19.1. The van der Waals surface area contributed by atoms with Crippen molar-refractivity contribution in [1.82, 2.24) is 30.6 Å². The van der Waals surface area contributed by atoms with Gasteiger partial charge in [-0.25, -0.2) is 4.79 Å². The summed E-state index contributed by atoms with van der Waals surface area (Å²) in [6.07, 6.45) is 1.50. The van der Waals surface area contributed by atoms with Gasteiger partial charge in [0.25, 0.3) is 5.91 Å². The molecule has 0 bridgehead atoms. The van der Waals surface area contributed by atoms with E-state index in [9.17, 15) is 19.2 Å². The minimum atomic E-state index is -0.955. The molecule has 2 atom stereocenters. The largest absolute Gasteiger partial charge is 0.461 e. The van der Waals surface area contributed by atoms with E-state index in [1.54, 1.807) is 27.9 Å². The van der Waals surface area contributed by atoms with E-state index in [2.05, 4.69) is 21.0 Å². The number of imide groups is 1. The number of hydrogen-bond acceptors (Lipinski definition) is 7. The molecule has 0 spiro atoms. The average molecular weight is 483 g/mol. The van der Waals surface area contributed by atoms with Crippen LogP contribution in [0.15, 0.2) is 40.9 Å². The summed E-state index contributed by atoms with van der Waals surface area (Å²) in [4.78, 5) is 52.5. The van der Waals surface area contributed by atoms with Crippen molar-refractivity contribution in [3.8, 4) is 10.6 Å². The zero-order valence-electron chi connectivity index (χ0n) is 18.2. The standard InChI is InChI=1S/C22H22N6O5S/c1-12-2-3-16(33-12)17-4-5-18(34-17)20(30)24-13-9-27(11-14-6-7-23-28(14)10-13)21(31)15-8-19(29)26-22(32)25-15/h2-7,13,15H,8-11H2,1H3,(H,24,30)(H2,25,26,29,32)/t13?,15-/m0/s1. The van der Waals surface area contributed by atoms with Crippen LogP contribution in [-0.2, 0) is 22.7 Å². The molecule has 3 aromatic rings. The average Bonchev–Trinajstić information content (AvgIpc) is 3.52. The molecule has 5 amide bonds. The number of aryl methyl sites for hydroxylation is 1. The van der Waals surface area contributed by atoms with Crippen LogP contribution in [0, 0.1) is 6.92 Å². The summed E-state index contributed by atoms with van der Waals surface area (Å²) >= 11 is 1.32. The molecule has 0 radical (unpaired) electrons. The predicted molar refractivity (Wildman–Crippen MR) is 121 cm³/mol. The number of furan rings is 1. The molecule has 11 nitrogen and oxygen atoms in total. The lowest BCUT2D eigenvalue weighted by Crippen LogP contribution is -2.59. The maximum atomic E-state index is 13.2. The third-order valence-corrected chi connectivity index (χ3v) is 6.80. The number of amides is 5. The van der Waals surface area contributed by atoms with Gasteiger partial charge in [0, 0.05) is 12.7 Å². The summed E-state index contributed by atoms with van der Waals surface area (Å²) in [7, 11) is 0. The fourth-order valence-electron chi connectivity index (χ4n) is 4.10. The van der Waals surface area contributed by atoms with Gasteiger partial charge in [-0.05, 0) is 37.3 Å². The molecule has 1 fully saturated rings. The summed E-state index contributed by atoms with van der Waals surface area (Å²) in [5, 5.41) is 11.9. The van der Waals surface area contributed by atoms with Crippen LogP contribution >= 0.6 is 11.3 Å². The van der Waals surface area contributed by atoms with Crippen molar-refractivity contribution in [2.75, 3.05) is 6.54 Å². The second kappa shape index (κ2) is 8.78. The molecular formula is C22H22N6O5S. The number of thiophene rings is 1. The quantitative estimate of drug-likeness (QED) is 0.512. The Hall–Kier alpha value is -3.93. The number of carbonyl (C=O) groups is 4. The molecule has 12 heteroatoms. The van der Waals surface area contributed by atoms with Gasteiger partial charge < -0.3 is 20.0 Å². The van der Waals surface area contributed by atoms with Crippen molar-refractivity contribution >= 4 is 35.1 Å². The second-order valence-electron chi connectivity index (χ2n) is 8.25. The van der Waals surface area contributed by atoms with E-state index in [1.165, 1.54) is 11.3 Å². The zero-order chi connectivity index (χ0) is 23.8. The first-order chi connectivity index (χ1) is 16.4. The van der Waals surface area contributed by atoms with Gasteiger partial charge >= 0.3 is 6.03 Å². The predicted octanol–water partition coefficient (Wildman–Crippen LogP) is 1.25. The second-order valence-corrected chi connectivity index (χ2v) is 9.33. The summed E-state index contributed by atoms with van der Waals surface area (Å²) in [6.45, 7) is 2.70. The lowest BCUT2D eigenvalue weighted by molar-refractivity contribution is -0.137. The third-order valence-electron chi connectivity index (χ3n) is 5.70. The van der Waals surface area contributed by atoms with E-state index in [1.807, 2.05) is 25.1 Å². The van der Waals surface area contributed by atoms with Crippen molar-refractivity contribution < 1.29 is 23.6 Å². The molecular weight excluding hydrogens is 460 g/mol. The number of nitrogens with zero attached hydrogens (tertiary/aromatic N) is 3. The minimum absolute atomic E-state index is 0.137. The first-order valence-electron chi connectivity index (χ1n) is 10.7. The molecule has 2 aliphatic heterocycles. The Balaban J connectivity index is 1.32. The van der Waals surface area contributed by atoms with Crippen LogP contribution in [0.3, 0.4) is 0 Å². The molecule has 3 N–H and O–H groups in total. The van der Waals surface area contributed by atoms with Gasteiger partial charge in [-0.2, -0.15) is 5.10 Å². The van der Waals surface area contributed by atoms with Crippen molar-refractivity contribution in [3.63, 3.8) is 0 Å². The Kier molecular flexibility index (Phi) is 5.65. The molecule has 34 heavy (non-hydrogen) atoms. The Morgan fingerprint density at radius 2 is 2.03 bits per heavy atom. The summed E-state index contributed by atoms with van der Waals surface area (Å²) in [6, 6.07) is 7.02. The van der Waals surface area contributed by atoms with Gasteiger partial charge in [0.05, 0.1) is 41.0 Å². The SMILES string of the molecule is Cc1ccc(-c2ccc(C(=O)NC3CN(C(=O)[C@@H]4CC(=O)NC(=O)N4)Cc4ccnn4C3)s2)o1. The fourth-order valence-corrected chi connectivity index (χ4v) is 4.98. The lowest BCUT2D eigenvalue weighted by Gasteiger charge is -2.30. The molecule has 2 aliphatic rings. The Bertz CT molecular complexity index is 1260. The van der Waals surface area contributed by atoms with Crippen LogP contribution in [0.2, 0.25) is 0 Å². The van der Waals surface area contributed by atoms with Crippen molar-refractivity contribution in [1.29, 1.82) is 0 Å². The number of carbonyl (C=O) groups excluding carboxylic acids is 4. The van der Waals surface area contributed by atoms with Crippen LogP contribution in [0.1, 0.15) is 27.5 Å². The van der Waals surface area contributed by atoms with Crippen LogP contribution in [0.25, 0.3) is 10.6 Å². The van der Waals surface area contributed by atoms with Crippen LogP contribution in [0.4, 0.5) is 4.79 Å². The topological polar surface area (TPSA) is 139 Å². The maximum Gasteiger partial charge on any atom is 0.322 e. The molecule has 5 heterocycles. The van der Waals surface area contributed by atoms with Crippen molar-refractivity contribution in [3.05, 3.63) is 52.9 Å². The van der Waals surface area contributed by atoms with Gasteiger partial charge in [0.1, 0.15) is 17.6 Å². The Morgan fingerprint density at radius 1 is 1.18 bits per heavy atom. The normalized spacial score (nSPS) is 20.2. The molecule has 1 saturated heterocycles. The lowest BCUT2D eigenvalue weighted by atomic mass is 10.1. The maximum absolute atomic E-state index is 13.2. The summed E-state index contributed by atoms with van der Waals surface area (Å²) in [5.74, 6) is 0.334. The first-order valence-corrected chi connectivity index (χ1v) is 11.5. The number of rotatable bonds is 4. The number of urea groups is 1. The highest BCUT2D eigenvalue weighted by atomic mass is 32.1. The monoisotopic (exact) mass is 482 g/mol. The summed E-state index contributed by atoms with van der Waals surface area (Å²) in [5.41, 5.74) is 0.795. The van der Waals surface area contributed by atoms with E-state index in [0.29, 0.717) is 17.2 Å².